The molecular weight excluding hydrogens is 1230 g/mol. The third-order valence-corrected chi connectivity index (χ3v) is 14.7. The van der Waals surface area contributed by atoms with Crippen LogP contribution in [0.15, 0.2) is 278 Å². The van der Waals surface area contributed by atoms with E-state index in [2.05, 4.69) is 152 Å². The van der Waals surface area contributed by atoms with Crippen LogP contribution in [0.5, 0.6) is 0 Å². The molecule has 9 N–H and O–H groups in total. The predicted molar refractivity (Wildman–Crippen MR) is 408 cm³/mol. The molecule has 0 spiro atoms. The molecule has 0 saturated carbocycles. The molecule has 0 amide bonds. The minimum absolute atomic E-state index is 0.792. The molecule has 0 fully saturated rings. The van der Waals surface area contributed by atoms with Crippen LogP contribution in [-0.4, -0.2) is 44.9 Å². The molecule has 0 bridgehead atoms. The summed E-state index contributed by atoms with van der Waals surface area (Å²) < 4.78 is 0. The summed E-state index contributed by atoms with van der Waals surface area (Å²) in [5.41, 5.74) is 19.0. The lowest BCUT2D eigenvalue weighted by atomic mass is 10.1. The molecule has 486 valence electrons. The smallest absolute Gasteiger partial charge is 0.0930 e. The Morgan fingerprint density at radius 1 is 0.313 bits per heavy atom. The van der Waals surface area contributed by atoms with Gasteiger partial charge >= 0.3 is 0 Å². The van der Waals surface area contributed by atoms with Crippen LogP contribution in [0.4, 0.5) is 11.4 Å². The number of fused-ring (bicyclic) bond motifs is 9. The molecule has 0 saturated heterocycles. The zero-order valence-corrected chi connectivity index (χ0v) is 54.4. The van der Waals surface area contributed by atoms with E-state index in [0.717, 1.165) is 139 Å². The molecule has 9 aliphatic heterocycles. The van der Waals surface area contributed by atoms with E-state index in [1.807, 2.05) is 226 Å². The summed E-state index contributed by atoms with van der Waals surface area (Å²) in [6.07, 6.45) is 60.0. The van der Waals surface area contributed by atoms with Crippen LogP contribution in [0.1, 0.15) is 50.5 Å². The van der Waals surface area contributed by atoms with Crippen molar-refractivity contribution in [1.82, 2.24) is 82.1 Å². The molecule has 0 radical (unpaired) electrons. The first-order chi connectivity index (χ1) is 48.3. The zero-order valence-electron chi connectivity index (χ0n) is 54.4. The Kier molecular flexibility index (Phi) is 23.4. The van der Waals surface area contributed by atoms with Gasteiger partial charge in [0.05, 0.1) is 39.2 Å². The number of aromatic nitrogens is 9. The molecule has 0 unspecified atom stereocenters. The number of pyridine rings is 9. The van der Waals surface area contributed by atoms with Gasteiger partial charge in [-0.05, 0) is 144 Å². The maximum atomic E-state index is 4.19. The third-order valence-electron chi connectivity index (χ3n) is 14.7. The maximum absolute atomic E-state index is 4.19. The van der Waals surface area contributed by atoms with E-state index in [4.69, 9.17) is 0 Å². The Bertz CT molecular complexity index is 4880. The fourth-order valence-electron chi connectivity index (χ4n) is 9.75. The number of anilines is 2. The van der Waals surface area contributed by atoms with Crippen molar-refractivity contribution in [3.05, 3.63) is 370 Å². The van der Waals surface area contributed by atoms with Crippen molar-refractivity contribution in [1.29, 1.82) is 0 Å². The molecular formula is C81H72N18. The summed E-state index contributed by atoms with van der Waals surface area (Å²) in [4.78, 5) is 36.8. The van der Waals surface area contributed by atoms with Gasteiger partial charge in [0.15, 0.2) is 0 Å². The fourth-order valence-corrected chi connectivity index (χ4v) is 9.75. The number of allylic oxidation sites excluding steroid dienone is 5. The van der Waals surface area contributed by atoms with E-state index in [1.165, 1.54) is 10.8 Å². The molecule has 18 nitrogen and oxygen atoms in total. The topological polar surface area (TPSA) is 224 Å². The first kappa shape index (κ1) is 67.8. The van der Waals surface area contributed by atoms with Crippen molar-refractivity contribution in [3.8, 4) is 0 Å². The Morgan fingerprint density at radius 2 is 0.899 bits per heavy atom. The minimum Gasteiger partial charge on any atom is -0.362 e. The highest BCUT2D eigenvalue weighted by Gasteiger charge is 2.10. The van der Waals surface area contributed by atoms with Crippen LogP contribution in [0.2, 0.25) is 0 Å². The summed E-state index contributed by atoms with van der Waals surface area (Å²) in [6, 6.07) is 25.4. The van der Waals surface area contributed by atoms with E-state index in [1.54, 1.807) is 49.6 Å². The second-order valence-corrected chi connectivity index (χ2v) is 21.8. The van der Waals surface area contributed by atoms with Crippen LogP contribution >= 0.6 is 0 Å². The van der Waals surface area contributed by atoms with Crippen molar-refractivity contribution < 1.29 is 0 Å². The molecule has 18 rings (SSSR count). The van der Waals surface area contributed by atoms with Gasteiger partial charge in [-0.3, -0.25) is 44.9 Å². The van der Waals surface area contributed by atoms with Gasteiger partial charge in [-0.2, -0.15) is 0 Å². The van der Waals surface area contributed by atoms with Gasteiger partial charge in [-0.25, -0.2) is 0 Å². The third kappa shape index (κ3) is 19.5. The van der Waals surface area contributed by atoms with E-state index in [-0.39, 0.29) is 0 Å². The zero-order chi connectivity index (χ0) is 69.1. The molecule has 9 aromatic heterocycles. The highest BCUT2D eigenvalue weighted by Crippen LogP contribution is 2.23. The second kappa shape index (κ2) is 34.1. The average Bonchev–Trinajstić information content (AvgIpc) is 1.19. The highest BCUT2D eigenvalue weighted by atomic mass is 14.9. The first-order valence-electron chi connectivity index (χ1n) is 31.0. The van der Waals surface area contributed by atoms with Gasteiger partial charge in [0, 0.05) is 230 Å². The van der Waals surface area contributed by atoms with Crippen molar-refractivity contribution >= 4 is 114 Å². The lowest BCUT2D eigenvalue weighted by Crippen LogP contribution is -2.33. The number of hydrogen-bond acceptors (Lipinski definition) is 18. The Hall–Kier alpha value is -14.1. The van der Waals surface area contributed by atoms with Crippen LogP contribution in [0, 0.1) is 0 Å². The predicted octanol–water partition coefficient (Wildman–Crippen LogP) is 7.90. The van der Waals surface area contributed by atoms with Gasteiger partial charge in [0.2, 0.25) is 0 Å². The van der Waals surface area contributed by atoms with E-state index < -0.39 is 0 Å². The average molecular weight is 1300 g/mol. The lowest BCUT2D eigenvalue weighted by molar-refractivity contribution is 1.12. The van der Waals surface area contributed by atoms with Crippen molar-refractivity contribution in [2.45, 2.75) is 0 Å². The SMILES string of the molecule is C=C1C=Cc2ncccc2N1.C=C1C=c2cccnc2=CN1.C=C1C=c2ccncc2=CN1.C=C1C=c2cnccc2=CN1.C=C1NC=Cc2cccnc21.C=C1NC=Cc2ccncc21.C=C1NC=Cc2cnccc21.C=C1NC=Cc2ncccc21.C=c1cc2c(cn1)=CC=CN2. The van der Waals surface area contributed by atoms with Gasteiger partial charge < -0.3 is 47.9 Å². The highest BCUT2D eigenvalue weighted by molar-refractivity contribution is 5.78. The van der Waals surface area contributed by atoms with Gasteiger partial charge in [0.1, 0.15) is 0 Å². The second-order valence-electron chi connectivity index (χ2n) is 21.8. The molecule has 9 aliphatic rings. The standard InChI is InChI=1S/9C9H8N2/c1-7-9-3-4-10-6-8(9)2-5-11-7;1-7-9-6-10-4-2-8(9)3-5-11-7;1-7-4-9-5-10-3-2-8(9)6-11-7;1-7-4-8-2-3-10-5-9(8)6-11-7;1-7-4-5-8-9(11-7)3-2-6-10-8;1-7-8-3-2-5-11-9(8)4-6-10-7;1-7-9-8(4-6-10-7)3-2-5-11-9;1-7-5-9-8(6-11-7)3-2-4-10-9;1-7-5-8-3-2-4-10-9(8)6-11-7/h5*2-6,11H,1H2;3*2-6,10H,1H2;2-6,11H,1H2. The van der Waals surface area contributed by atoms with Crippen molar-refractivity contribution in [2.75, 3.05) is 10.6 Å². The molecule has 99 heavy (non-hydrogen) atoms. The molecule has 0 aromatic carbocycles. The summed E-state index contributed by atoms with van der Waals surface area (Å²) >= 11 is 0. The molecule has 0 atom stereocenters. The first-order valence-corrected chi connectivity index (χ1v) is 31.0. The number of nitrogens with zero attached hydrogens (tertiary/aromatic N) is 9. The fraction of sp³-hybridized carbons (Fsp3) is 0. The van der Waals surface area contributed by atoms with Crippen LogP contribution in [0.25, 0.3) is 103 Å². The van der Waals surface area contributed by atoms with Gasteiger partial charge in [0.25, 0.3) is 0 Å². The number of hydrogen-bond donors (Lipinski definition) is 9. The van der Waals surface area contributed by atoms with Crippen molar-refractivity contribution in [2.24, 2.45) is 0 Å². The largest absolute Gasteiger partial charge is 0.362 e. The minimum atomic E-state index is 0.792. The quantitative estimate of drug-likeness (QED) is 0.0704. The summed E-state index contributed by atoms with van der Waals surface area (Å²) in [7, 11) is 0. The van der Waals surface area contributed by atoms with Crippen LogP contribution in [0.3, 0.4) is 0 Å². The van der Waals surface area contributed by atoms with Crippen LogP contribution < -0.4 is 89.9 Å². The van der Waals surface area contributed by atoms with Crippen LogP contribution in [-0.2, 0) is 0 Å². The Balaban J connectivity index is 0.000000120. The van der Waals surface area contributed by atoms with Crippen molar-refractivity contribution in [3.63, 3.8) is 0 Å². The molecule has 18 heterocycles. The molecule has 0 aliphatic carbocycles. The summed E-state index contributed by atoms with van der Waals surface area (Å²) in [5.74, 6) is 0. The van der Waals surface area contributed by atoms with Gasteiger partial charge in [-0.15, -0.1) is 0 Å². The lowest BCUT2D eigenvalue weighted by Gasteiger charge is -2.12. The van der Waals surface area contributed by atoms with E-state index in [0.29, 0.717) is 0 Å². The Morgan fingerprint density at radius 3 is 1.67 bits per heavy atom. The summed E-state index contributed by atoms with van der Waals surface area (Å²) in [6.45, 7) is 34.3. The number of rotatable bonds is 0. The monoisotopic (exact) mass is 1300 g/mol. The Labute approximate surface area is 574 Å². The van der Waals surface area contributed by atoms with Gasteiger partial charge in [-0.1, -0.05) is 71.3 Å². The number of nitrogens with one attached hydrogen (secondary N) is 9. The molecule has 18 heteroatoms. The maximum Gasteiger partial charge on any atom is 0.0930 e. The van der Waals surface area contributed by atoms with E-state index >= 15 is 0 Å². The van der Waals surface area contributed by atoms with E-state index in [9.17, 15) is 0 Å². The normalized spacial score (nSPS) is 13.9. The molecule has 9 aromatic rings. The summed E-state index contributed by atoms with van der Waals surface area (Å²) in [5, 5.41) is 35.9.